The lowest BCUT2D eigenvalue weighted by Crippen LogP contribution is -2.58. The van der Waals surface area contributed by atoms with Gasteiger partial charge in [0.1, 0.15) is 5.60 Å². The van der Waals surface area contributed by atoms with Gasteiger partial charge in [-0.25, -0.2) is 0 Å². The van der Waals surface area contributed by atoms with E-state index in [-0.39, 0.29) is 47.7 Å². The number of esters is 1. The molecule has 9 heteroatoms. The third kappa shape index (κ3) is 5.58. The van der Waals surface area contributed by atoms with Crippen LogP contribution in [0.5, 0.6) is 0 Å². The molecule has 5 rings (SSSR count). The number of aliphatic hydroxyl groups is 1. The largest absolute Gasteiger partial charge is 0.481 e. The van der Waals surface area contributed by atoms with Crippen molar-refractivity contribution in [2.24, 2.45) is 40.4 Å². The van der Waals surface area contributed by atoms with Crippen LogP contribution in [0.2, 0.25) is 0 Å². The normalized spacial score (nSPS) is 39.3. The molecule has 0 radical (unpaired) electrons. The van der Waals surface area contributed by atoms with Gasteiger partial charge in [0.15, 0.2) is 12.4 Å². The fourth-order valence-electron chi connectivity index (χ4n) is 9.55. The Bertz CT molecular complexity index is 1150. The van der Waals surface area contributed by atoms with Gasteiger partial charge in [-0.3, -0.25) is 24.0 Å². The zero-order valence-corrected chi connectivity index (χ0v) is 25.1. The molecule has 9 nitrogen and oxygen atoms in total. The standard InChI is InChI=1S/C33H47NO8/c1-31-14-11-23(35)17-22(31)7-8-24-25(31)12-15-32(2)26(24)13-16-33(32,41)27(36)19-42-29(38)10-9-28(37)34-18-20-3-5-21(6-4-20)30(39)40/h17,20-21,24-26,41H,3-16,18-19H2,1-2H3,(H,34,37)(H,39,40)/t20?,21?,24-,25+,26-,31-,32-,33-/m0/s1. The van der Waals surface area contributed by atoms with Crippen LogP contribution in [0.25, 0.3) is 0 Å². The number of fused-ring (bicyclic) bond motifs is 5. The Morgan fingerprint density at radius 1 is 0.929 bits per heavy atom. The molecular formula is C33H47NO8. The minimum Gasteiger partial charge on any atom is -0.481 e. The van der Waals surface area contributed by atoms with Gasteiger partial charge in [-0.1, -0.05) is 19.4 Å². The van der Waals surface area contributed by atoms with E-state index in [1.807, 2.05) is 13.0 Å². The van der Waals surface area contributed by atoms with Crippen molar-refractivity contribution in [2.75, 3.05) is 13.2 Å². The van der Waals surface area contributed by atoms with Crippen LogP contribution in [0.3, 0.4) is 0 Å². The molecule has 5 aliphatic carbocycles. The van der Waals surface area contributed by atoms with Crippen LogP contribution in [0.4, 0.5) is 0 Å². The maximum absolute atomic E-state index is 13.4. The molecule has 6 atom stereocenters. The number of Topliss-reactive ketones (excluding diaryl/α,β-unsaturated/α-hetero) is 1. The molecule has 0 heterocycles. The van der Waals surface area contributed by atoms with E-state index in [2.05, 4.69) is 12.2 Å². The van der Waals surface area contributed by atoms with Crippen LogP contribution < -0.4 is 5.32 Å². The van der Waals surface area contributed by atoms with Crippen molar-refractivity contribution in [1.82, 2.24) is 5.32 Å². The van der Waals surface area contributed by atoms with Gasteiger partial charge in [-0.15, -0.1) is 0 Å². The molecule has 0 aromatic carbocycles. The summed E-state index contributed by atoms with van der Waals surface area (Å²) in [6.07, 6.45) is 10.5. The molecule has 1 amide bonds. The number of carboxylic acids is 1. The van der Waals surface area contributed by atoms with E-state index in [0.29, 0.717) is 44.1 Å². The first kappa shape index (κ1) is 30.9. The van der Waals surface area contributed by atoms with E-state index < -0.39 is 35.3 Å². The van der Waals surface area contributed by atoms with Crippen LogP contribution in [-0.4, -0.2) is 58.4 Å². The highest BCUT2D eigenvalue weighted by Crippen LogP contribution is 2.67. The molecule has 0 spiro atoms. The lowest BCUT2D eigenvalue weighted by Gasteiger charge is -2.58. The summed E-state index contributed by atoms with van der Waals surface area (Å²) in [5.41, 5.74) is -0.816. The lowest BCUT2D eigenvalue weighted by molar-refractivity contribution is -0.170. The van der Waals surface area contributed by atoms with Gasteiger partial charge in [-0.05, 0) is 106 Å². The Morgan fingerprint density at radius 3 is 2.36 bits per heavy atom. The molecular weight excluding hydrogens is 538 g/mol. The average molecular weight is 586 g/mol. The first-order valence-corrected chi connectivity index (χ1v) is 16.0. The molecule has 42 heavy (non-hydrogen) atoms. The van der Waals surface area contributed by atoms with Crippen LogP contribution >= 0.6 is 0 Å². The van der Waals surface area contributed by atoms with Gasteiger partial charge in [0, 0.05) is 24.8 Å². The number of ketones is 2. The van der Waals surface area contributed by atoms with Gasteiger partial charge in [0.25, 0.3) is 0 Å². The highest BCUT2D eigenvalue weighted by atomic mass is 16.5. The fourth-order valence-corrected chi connectivity index (χ4v) is 9.55. The maximum Gasteiger partial charge on any atom is 0.306 e. The monoisotopic (exact) mass is 585 g/mol. The zero-order chi connectivity index (χ0) is 30.3. The minimum absolute atomic E-state index is 0.0184. The molecule has 0 saturated heterocycles. The quantitative estimate of drug-likeness (QED) is 0.342. The summed E-state index contributed by atoms with van der Waals surface area (Å²) in [5, 5.41) is 23.8. The number of carbonyl (C=O) groups is 5. The van der Waals surface area contributed by atoms with Crippen LogP contribution in [-0.2, 0) is 28.7 Å². The van der Waals surface area contributed by atoms with Gasteiger partial charge in [-0.2, -0.15) is 0 Å². The second kappa shape index (κ2) is 11.9. The molecule has 5 aliphatic rings. The Balaban J connectivity index is 1.09. The Labute approximate surface area is 248 Å². The Hall–Kier alpha value is -2.55. The predicted octanol–water partition coefficient (Wildman–Crippen LogP) is 4.15. The number of aliphatic carboxylic acids is 1. The van der Waals surface area contributed by atoms with Gasteiger partial charge < -0.3 is 20.3 Å². The number of allylic oxidation sites excluding steroid dienone is 1. The number of ether oxygens (including phenoxy) is 1. The summed E-state index contributed by atoms with van der Waals surface area (Å²) in [4.78, 5) is 61.3. The minimum atomic E-state index is -1.54. The van der Waals surface area contributed by atoms with Gasteiger partial charge >= 0.3 is 11.9 Å². The number of hydrogen-bond donors (Lipinski definition) is 3. The maximum atomic E-state index is 13.4. The number of amides is 1. The number of carbonyl (C=O) groups excluding carboxylic acids is 4. The van der Waals surface area contributed by atoms with E-state index in [4.69, 9.17) is 9.84 Å². The van der Waals surface area contributed by atoms with Gasteiger partial charge in [0.05, 0.1) is 12.3 Å². The van der Waals surface area contributed by atoms with Crippen molar-refractivity contribution in [1.29, 1.82) is 0 Å². The second-order valence-electron chi connectivity index (χ2n) is 14.3. The molecule has 0 aromatic heterocycles. The summed E-state index contributed by atoms with van der Waals surface area (Å²) >= 11 is 0. The topological polar surface area (TPSA) is 147 Å². The van der Waals surface area contributed by atoms with E-state index >= 15 is 0 Å². The average Bonchev–Trinajstić information content (AvgIpc) is 3.25. The highest BCUT2D eigenvalue weighted by Gasteiger charge is 2.66. The molecule has 0 bridgehead atoms. The molecule has 4 saturated carbocycles. The fraction of sp³-hybridized carbons (Fsp3) is 0.788. The zero-order valence-electron chi connectivity index (χ0n) is 25.1. The van der Waals surface area contributed by atoms with Crippen molar-refractivity contribution >= 4 is 29.4 Å². The van der Waals surface area contributed by atoms with Crippen LogP contribution in [0, 0.1) is 40.4 Å². The molecule has 3 N–H and O–H groups in total. The number of carboxylic acid groups (broad SMARTS) is 1. The predicted molar refractivity (Wildman–Crippen MR) is 153 cm³/mol. The molecule has 0 unspecified atom stereocenters. The van der Waals surface area contributed by atoms with E-state index in [1.54, 1.807) is 0 Å². The molecule has 0 aromatic rings. The summed E-state index contributed by atoms with van der Waals surface area (Å²) in [5.74, 6) is -0.903. The summed E-state index contributed by atoms with van der Waals surface area (Å²) in [6.45, 7) is 4.31. The first-order chi connectivity index (χ1) is 19.9. The van der Waals surface area contributed by atoms with Crippen molar-refractivity contribution in [3.05, 3.63) is 11.6 Å². The van der Waals surface area contributed by atoms with Crippen molar-refractivity contribution in [3.63, 3.8) is 0 Å². The van der Waals surface area contributed by atoms with E-state index in [9.17, 15) is 29.1 Å². The van der Waals surface area contributed by atoms with E-state index in [0.717, 1.165) is 51.4 Å². The third-order valence-electron chi connectivity index (χ3n) is 12.3. The molecule has 232 valence electrons. The Morgan fingerprint density at radius 2 is 1.64 bits per heavy atom. The summed E-state index contributed by atoms with van der Waals surface area (Å²) in [7, 11) is 0. The smallest absolute Gasteiger partial charge is 0.306 e. The van der Waals surface area contributed by atoms with Crippen molar-refractivity contribution < 1.29 is 38.9 Å². The lowest BCUT2D eigenvalue weighted by atomic mass is 9.46. The van der Waals surface area contributed by atoms with Gasteiger partial charge in [0.2, 0.25) is 11.7 Å². The highest BCUT2D eigenvalue weighted by molar-refractivity contribution is 5.92. The number of nitrogens with one attached hydrogen (secondary N) is 1. The SMILES string of the molecule is C[C@]12CCC(=O)C=C1CC[C@H]1[C@H]2CC[C@@]2(C)[C@H]1CC[C@]2(O)C(=O)COC(=O)CCC(=O)NCC1CCC(C(=O)O)CC1. The molecule has 0 aliphatic heterocycles. The first-order valence-electron chi connectivity index (χ1n) is 16.0. The van der Waals surface area contributed by atoms with Crippen LogP contribution in [0.1, 0.15) is 104 Å². The van der Waals surface area contributed by atoms with E-state index in [1.165, 1.54) is 5.57 Å². The Kier molecular flexibility index (Phi) is 8.72. The number of hydrogen-bond acceptors (Lipinski definition) is 7. The van der Waals surface area contributed by atoms with Crippen molar-refractivity contribution in [3.8, 4) is 0 Å². The number of rotatable bonds is 9. The summed E-state index contributed by atoms with van der Waals surface area (Å²) in [6, 6.07) is 0. The van der Waals surface area contributed by atoms with Crippen molar-refractivity contribution in [2.45, 2.75) is 109 Å². The third-order valence-corrected chi connectivity index (χ3v) is 12.3. The summed E-state index contributed by atoms with van der Waals surface area (Å²) < 4.78 is 5.27. The van der Waals surface area contributed by atoms with Crippen LogP contribution in [0.15, 0.2) is 11.6 Å². The molecule has 4 fully saturated rings. The second-order valence-corrected chi connectivity index (χ2v) is 14.3.